The highest BCUT2D eigenvalue weighted by atomic mass is 79.9. The smallest absolute Gasteiger partial charge is 0.202 e. The van der Waals surface area contributed by atoms with Crippen LogP contribution in [0.4, 0.5) is 0 Å². The zero-order valence-electron chi connectivity index (χ0n) is 8.04. The minimum absolute atomic E-state index is 0.659. The summed E-state index contributed by atoms with van der Waals surface area (Å²) in [5, 5.41) is 3.95. The Bertz CT molecular complexity index is 442. The molecule has 0 spiro atoms. The number of nitrogens with zero attached hydrogens (tertiary/aromatic N) is 1. The van der Waals surface area contributed by atoms with Crippen LogP contribution in [0.1, 0.15) is 11.1 Å². The Labute approximate surface area is 91.1 Å². The molecule has 2 aromatic rings. The Kier molecular flexibility index (Phi) is 2.42. The van der Waals surface area contributed by atoms with Gasteiger partial charge in [0.2, 0.25) is 4.67 Å². The summed E-state index contributed by atoms with van der Waals surface area (Å²) in [7, 11) is 0. The molecule has 0 aliphatic carbocycles. The largest absolute Gasteiger partial charge is 0.349 e. The predicted molar refractivity (Wildman–Crippen MR) is 59.1 cm³/mol. The van der Waals surface area contributed by atoms with Crippen LogP contribution in [0, 0.1) is 13.8 Å². The van der Waals surface area contributed by atoms with Crippen molar-refractivity contribution in [3.8, 4) is 11.3 Å². The van der Waals surface area contributed by atoms with Crippen molar-refractivity contribution in [2.24, 2.45) is 0 Å². The van der Waals surface area contributed by atoms with Crippen molar-refractivity contribution >= 4 is 15.9 Å². The zero-order chi connectivity index (χ0) is 10.1. The number of hydrogen-bond donors (Lipinski definition) is 0. The molecular formula is C11H10BrNO. The molecule has 1 aromatic carbocycles. The van der Waals surface area contributed by atoms with E-state index in [1.807, 2.05) is 6.07 Å². The van der Waals surface area contributed by atoms with E-state index in [4.69, 9.17) is 4.52 Å². The summed E-state index contributed by atoms with van der Waals surface area (Å²) in [6.07, 6.45) is 0. The van der Waals surface area contributed by atoms with Crippen molar-refractivity contribution in [1.29, 1.82) is 0 Å². The molecule has 0 fully saturated rings. The van der Waals surface area contributed by atoms with E-state index < -0.39 is 0 Å². The average Bonchev–Trinajstić information content (AvgIpc) is 2.50. The van der Waals surface area contributed by atoms with Crippen LogP contribution in [0.2, 0.25) is 0 Å². The van der Waals surface area contributed by atoms with Crippen molar-refractivity contribution in [1.82, 2.24) is 5.16 Å². The SMILES string of the molecule is Cc1cc(C)cc(-c2cc(Br)on2)c1. The summed E-state index contributed by atoms with van der Waals surface area (Å²) < 4.78 is 5.62. The van der Waals surface area contributed by atoms with Crippen molar-refractivity contribution in [2.45, 2.75) is 13.8 Å². The Morgan fingerprint density at radius 3 is 2.21 bits per heavy atom. The summed E-state index contributed by atoms with van der Waals surface area (Å²) in [4.78, 5) is 0. The van der Waals surface area contributed by atoms with Gasteiger partial charge in [-0.05, 0) is 41.9 Å². The van der Waals surface area contributed by atoms with Crippen molar-refractivity contribution in [3.05, 3.63) is 40.1 Å². The molecule has 3 heteroatoms. The molecule has 0 atom stereocenters. The molecule has 2 rings (SSSR count). The topological polar surface area (TPSA) is 26.0 Å². The van der Waals surface area contributed by atoms with Crippen LogP contribution < -0.4 is 0 Å². The van der Waals surface area contributed by atoms with Gasteiger partial charge in [0.1, 0.15) is 5.69 Å². The van der Waals surface area contributed by atoms with E-state index in [1.165, 1.54) is 11.1 Å². The minimum atomic E-state index is 0.659. The third kappa shape index (κ3) is 1.87. The molecule has 72 valence electrons. The van der Waals surface area contributed by atoms with Gasteiger partial charge in [-0.2, -0.15) is 0 Å². The van der Waals surface area contributed by atoms with Crippen LogP contribution in [0.25, 0.3) is 11.3 Å². The van der Waals surface area contributed by atoms with Crippen LogP contribution in [-0.4, -0.2) is 5.16 Å². The molecule has 1 aromatic heterocycles. The number of aryl methyl sites for hydroxylation is 2. The maximum absolute atomic E-state index is 4.97. The fourth-order valence-electron chi connectivity index (χ4n) is 1.51. The monoisotopic (exact) mass is 251 g/mol. The van der Waals surface area contributed by atoms with Gasteiger partial charge in [0.05, 0.1) is 0 Å². The number of rotatable bonds is 1. The maximum atomic E-state index is 4.97. The molecular weight excluding hydrogens is 242 g/mol. The van der Waals surface area contributed by atoms with Gasteiger partial charge in [-0.1, -0.05) is 22.3 Å². The lowest BCUT2D eigenvalue weighted by Crippen LogP contribution is -1.82. The van der Waals surface area contributed by atoms with Crippen molar-refractivity contribution < 1.29 is 4.52 Å². The fourth-order valence-corrected chi connectivity index (χ4v) is 1.80. The summed E-state index contributed by atoms with van der Waals surface area (Å²) in [6.45, 7) is 4.15. The molecule has 0 saturated carbocycles. The van der Waals surface area contributed by atoms with Gasteiger partial charge in [-0.25, -0.2) is 0 Å². The minimum Gasteiger partial charge on any atom is -0.349 e. The van der Waals surface area contributed by atoms with E-state index in [0.717, 1.165) is 11.3 Å². The first-order valence-electron chi connectivity index (χ1n) is 4.36. The molecule has 0 N–H and O–H groups in total. The summed E-state index contributed by atoms with van der Waals surface area (Å²) in [5.74, 6) is 0. The lowest BCUT2D eigenvalue weighted by Gasteiger charge is -2.00. The van der Waals surface area contributed by atoms with E-state index in [0.29, 0.717) is 4.67 Å². The van der Waals surface area contributed by atoms with E-state index in [-0.39, 0.29) is 0 Å². The summed E-state index contributed by atoms with van der Waals surface area (Å²) in [5.41, 5.74) is 4.43. The Hall–Kier alpha value is -1.09. The van der Waals surface area contributed by atoms with Gasteiger partial charge in [0.25, 0.3) is 0 Å². The lowest BCUT2D eigenvalue weighted by atomic mass is 10.1. The van der Waals surface area contributed by atoms with Crippen LogP contribution in [-0.2, 0) is 0 Å². The molecule has 0 aliphatic rings. The highest BCUT2D eigenvalue weighted by molar-refractivity contribution is 9.10. The van der Waals surface area contributed by atoms with Crippen molar-refractivity contribution in [2.75, 3.05) is 0 Å². The van der Waals surface area contributed by atoms with Crippen molar-refractivity contribution in [3.63, 3.8) is 0 Å². The number of aromatic nitrogens is 1. The first-order chi connectivity index (χ1) is 6.65. The molecule has 0 unspecified atom stereocenters. The number of hydrogen-bond acceptors (Lipinski definition) is 2. The number of benzene rings is 1. The Morgan fingerprint density at radius 1 is 1.07 bits per heavy atom. The zero-order valence-corrected chi connectivity index (χ0v) is 9.63. The molecule has 2 nitrogen and oxygen atoms in total. The van der Waals surface area contributed by atoms with Gasteiger partial charge in [0.15, 0.2) is 0 Å². The molecule has 0 saturated heterocycles. The molecule has 0 aliphatic heterocycles. The maximum Gasteiger partial charge on any atom is 0.202 e. The van der Waals surface area contributed by atoms with E-state index in [9.17, 15) is 0 Å². The van der Waals surface area contributed by atoms with E-state index >= 15 is 0 Å². The second-order valence-corrected chi connectivity index (χ2v) is 4.17. The van der Waals surface area contributed by atoms with Gasteiger partial charge in [-0.15, -0.1) is 0 Å². The van der Waals surface area contributed by atoms with Crippen LogP contribution in [0.3, 0.4) is 0 Å². The Morgan fingerprint density at radius 2 is 1.71 bits per heavy atom. The average molecular weight is 252 g/mol. The van der Waals surface area contributed by atoms with Gasteiger partial charge in [0, 0.05) is 11.6 Å². The first kappa shape index (κ1) is 9.46. The van der Waals surface area contributed by atoms with Gasteiger partial charge >= 0.3 is 0 Å². The number of halogens is 1. The van der Waals surface area contributed by atoms with Gasteiger partial charge < -0.3 is 4.52 Å². The van der Waals surface area contributed by atoms with Crippen LogP contribution >= 0.6 is 15.9 Å². The second-order valence-electron chi connectivity index (χ2n) is 3.39. The van der Waals surface area contributed by atoms with Crippen LogP contribution in [0.15, 0.2) is 33.5 Å². The molecule has 0 radical (unpaired) electrons. The quantitative estimate of drug-likeness (QED) is 0.773. The van der Waals surface area contributed by atoms with E-state index in [1.54, 1.807) is 0 Å². The van der Waals surface area contributed by atoms with Gasteiger partial charge in [-0.3, -0.25) is 0 Å². The second kappa shape index (κ2) is 3.58. The highest BCUT2D eigenvalue weighted by Gasteiger charge is 2.04. The molecule has 14 heavy (non-hydrogen) atoms. The highest BCUT2D eigenvalue weighted by Crippen LogP contribution is 2.23. The lowest BCUT2D eigenvalue weighted by molar-refractivity contribution is 0.402. The molecule has 0 amide bonds. The predicted octanol–water partition coefficient (Wildman–Crippen LogP) is 3.72. The standard InChI is InChI=1S/C11H10BrNO/c1-7-3-8(2)5-9(4-7)10-6-11(12)14-13-10/h3-6H,1-2H3. The third-order valence-electron chi connectivity index (χ3n) is 2.00. The van der Waals surface area contributed by atoms with E-state index in [2.05, 4.69) is 53.1 Å². The summed E-state index contributed by atoms with van der Waals surface area (Å²) >= 11 is 3.24. The summed E-state index contributed by atoms with van der Waals surface area (Å²) in [6, 6.07) is 8.20. The normalized spacial score (nSPS) is 10.5. The first-order valence-corrected chi connectivity index (χ1v) is 5.15. The fraction of sp³-hybridized carbons (Fsp3) is 0.182. The van der Waals surface area contributed by atoms with Crippen LogP contribution in [0.5, 0.6) is 0 Å². The third-order valence-corrected chi connectivity index (χ3v) is 2.37. The molecule has 0 bridgehead atoms. The molecule has 1 heterocycles. The Balaban J connectivity index is 2.51.